The van der Waals surface area contributed by atoms with Crippen molar-refractivity contribution in [2.24, 2.45) is 0 Å². The first-order valence-corrected chi connectivity index (χ1v) is 7.82. The molecule has 0 amide bonds. The standard InChI is InChI=1S/C13H23N3OS/c1-5-7-17-12-8-10(3)14-13(16-12)15-11(6-2)9-18-4/h8,11H,5-7,9H2,1-4H3,(H,14,15,16). The summed E-state index contributed by atoms with van der Waals surface area (Å²) < 4.78 is 5.56. The number of thioether (sulfide) groups is 1. The first kappa shape index (κ1) is 15.1. The molecule has 0 saturated heterocycles. The van der Waals surface area contributed by atoms with Crippen molar-refractivity contribution in [3.63, 3.8) is 0 Å². The van der Waals surface area contributed by atoms with Crippen LogP contribution >= 0.6 is 11.8 Å². The van der Waals surface area contributed by atoms with E-state index in [4.69, 9.17) is 4.74 Å². The SMILES string of the molecule is CCCOc1cc(C)nc(NC(CC)CSC)n1. The number of aryl methyl sites for hydroxylation is 1. The van der Waals surface area contributed by atoms with Crippen molar-refractivity contribution in [2.75, 3.05) is 23.9 Å². The highest BCUT2D eigenvalue weighted by molar-refractivity contribution is 7.98. The molecule has 1 aromatic rings. The van der Waals surface area contributed by atoms with Crippen LogP contribution < -0.4 is 10.1 Å². The minimum atomic E-state index is 0.404. The molecule has 0 radical (unpaired) electrons. The number of aromatic nitrogens is 2. The molecule has 0 aliphatic carbocycles. The van der Waals surface area contributed by atoms with Crippen molar-refractivity contribution in [2.45, 2.75) is 39.7 Å². The van der Waals surface area contributed by atoms with E-state index in [1.54, 1.807) is 0 Å². The first-order chi connectivity index (χ1) is 8.69. The first-order valence-electron chi connectivity index (χ1n) is 6.43. The van der Waals surface area contributed by atoms with Gasteiger partial charge in [-0.15, -0.1) is 0 Å². The van der Waals surface area contributed by atoms with Crippen molar-refractivity contribution >= 4 is 17.7 Å². The summed E-state index contributed by atoms with van der Waals surface area (Å²) in [5, 5.41) is 3.36. The molecule has 0 aliphatic heterocycles. The summed E-state index contributed by atoms with van der Waals surface area (Å²) in [6.45, 7) is 6.90. The number of hydrogen-bond acceptors (Lipinski definition) is 5. The van der Waals surface area contributed by atoms with Crippen LogP contribution in [0.4, 0.5) is 5.95 Å². The van der Waals surface area contributed by atoms with Gasteiger partial charge in [0.2, 0.25) is 11.8 Å². The van der Waals surface area contributed by atoms with Crippen LogP contribution in [0.3, 0.4) is 0 Å². The smallest absolute Gasteiger partial charge is 0.226 e. The van der Waals surface area contributed by atoms with Crippen LogP contribution in [0.2, 0.25) is 0 Å². The summed E-state index contributed by atoms with van der Waals surface area (Å²) in [5.74, 6) is 2.38. The largest absolute Gasteiger partial charge is 0.478 e. The fourth-order valence-electron chi connectivity index (χ4n) is 1.53. The van der Waals surface area contributed by atoms with Gasteiger partial charge in [0.05, 0.1) is 6.61 Å². The Balaban J connectivity index is 2.71. The summed E-state index contributed by atoms with van der Waals surface area (Å²) in [4.78, 5) is 8.79. The summed E-state index contributed by atoms with van der Waals surface area (Å²) in [7, 11) is 0. The Hall–Kier alpha value is -0.970. The third-order valence-corrected chi connectivity index (χ3v) is 3.21. The summed E-state index contributed by atoms with van der Waals surface area (Å²) in [6.07, 6.45) is 4.15. The molecule has 0 saturated carbocycles. The summed E-state index contributed by atoms with van der Waals surface area (Å²) >= 11 is 1.83. The maximum absolute atomic E-state index is 5.56. The Labute approximate surface area is 114 Å². The molecule has 18 heavy (non-hydrogen) atoms. The zero-order valence-corrected chi connectivity index (χ0v) is 12.5. The summed E-state index contributed by atoms with van der Waals surface area (Å²) in [6, 6.07) is 2.27. The van der Waals surface area contributed by atoms with Gasteiger partial charge in [-0.05, 0) is 26.0 Å². The Morgan fingerprint density at radius 1 is 1.39 bits per heavy atom. The predicted molar refractivity (Wildman–Crippen MR) is 78.6 cm³/mol. The van der Waals surface area contributed by atoms with Crippen LogP contribution in [0.15, 0.2) is 6.07 Å². The fourth-order valence-corrected chi connectivity index (χ4v) is 2.25. The molecule has 102 valence electrons. The zero-order valence-electron chi connectivity index (χ0n) is 11.7. The van der Waals surface area contributed by atoms with Gasteiger partial charge in [-0.2, -0.15) is 16.7 Å². The van der Waals surface area contributed by atoms with E-state index in [-0.39, 0.29) is 0 Å². The number of nitrogens with zero attached hydrogens (tertiary/aromatic N) is 2. The number of hydrogen-bond donors (Lipinski definition) is 1. The van der Waals surface area contributed by atoms with E-state index in [0.717, 1.165) is 24.3 Å². The maximum atomic E-state index is 5.56. The second-order valence-corrected chi connectivity index (χ2v) is 5.14. The van der Waals surface area contributed by atoms with E-state index in [9.17, 15) is 0 Å². The fraction of sp³-hybridized carbons (Fsp3) is 0.692. The second kappa shape index (κ2) is 8.19. The summed E-state index contributed by atoms with van der Waals surface area (Å²) in [5.41, 5.74) is 0.928. The number of nitrogens with one attached hydrogen (secondary N) is 1. The average molecular weight is 269 g/mol. The highest BCUT2D eigenvalue weighted by Gasteiger charge is 2.09. The predicted octanol–water partition coefficient (Wildman–Crippen LogP) is 3.13. The number of ether oxygens (including phenoxy) is 1. The van der Waals surface area contributed by atoms with E-state index in [1.807, 2.05) is 24.8 Å². The molecule has 0 spiro atoms. The molecule has 1 atom stereocenters. The van der Waals surface area contributed by atoms with Crippen LogP contribution in [0.5, 0.6) is 5.88 Å². The van der Waals surface area contributed by atoms with Gasteiger partial charge in [-0.1, -0.05) is 13.8 Å². The lowest BCUT2D eigenvalue weighted by Crippen LogP contribution is -2.22. The molecule has 0 aromatic carbocycles. The molecule has 1 aromatic heterocycles. The van der Waals surface area contributed by atoms with Gasteiger partial charge < -0.3 is 10.1 Å². The van der Waals surface area contributed by atoms with E-state index in [2.05, 4.69) is 35.4 Å². The molecule has 1 N–H and O–H groups in total. The van der Waals surface area contributed by atoms with Crippen LogP contribution in [0.25, 0.3) is 0 Å². The molecule has 1 unspecified atom stereocenters. The van der Waals surface area contributed by atoms with E-state index >= 15 is 0 Å². The van der Waals surface area contributed by atoms with Crippen molar-refractivity contribution in [1.29, 1.82) is 0 Å². The molecule has 0 fully saturated rings. The van der Waals surface area contributed by atoms with Gasteiger partial charge in [-0.25, -0.2) is 4.98 Å². The molecule has 0 aliphatic rings. The lowest BCUT2D eigenvalue weighted by molar-refractivity contribution is 0.305. The lowest BCUT2D eigenvalue weighted by Gasteiger charge is -2.16. The molecular formula is C13H23N3OS. The van der Waals surface area contributed by atoms with E-state index in [1.165, 1.54) is 0 Å². The molecule has 1 rings (SSSR count). The molecular weight excluding hydrogens is 246 g/mol. The third-order valence-electron chi connectivity index (χ3n) is 2.48. The van der Waals surface area contributed by atoms with Gasteiger partial charge in [0, 0.05) is 23.6 Å². The molecule has 5 heteroatoms. The Kier molecular flexibility index (Phi) is 6.86. The van der Waals surface area contributed by atoms with Crippen LogP contribution in [-0.2, 0) is 0 Å². The van der Waals surface area contributed by atoms with Gasteiger partial charge >= 0.3 is 0 Å². The molecule has 0 bridgehead atoms. The maximum Gasteiger partial charge on any atom is 0.226 e. The second-order valence-electron chi connectivity index (χ2n) is 4.22. The van der Waals surface area contributed by atoms with Gasteiger partial charge in [0.25, 0.3) is 0 Å². The average Bonchev–Trinajstić information content (AvgIpc) is 2.35. The van der Waals surface area contributed by atoms with Crippen LogP contribution in [-0.4, -0.2) is 34.6 Å². The molecule has 1 heterocycles. The quantitative estimate of drug-likeness (QED) is 0.785. The highest BCUT2D eigenvalue weighted by atomic mass is 32.2. The minimum Gasteiger partial charge on any atom is -0.478 e. The Morgan fingerprint density at radius 3 is 2.78 bits per heavy atom. The van der Waals surface area contributed by atoms with Gasteiger partial charge in [0.15, 0.2) is 0 Å². The van der Waals surface area contributed by atoms with Crippen molar-refractivity contribution in [1.82, 2.24) is 9.97 Å². The molecule has 4 nitrogen and oxygen atoms in total. The number of anilines is 1. The van der Waals surface area contributed by atoms with Gasteiger partial charge in [-0.3, -0.25) is 0 Å². The van der Waals surface area contributed by atoms with Crippen LogP contribution in [0, 0.1) is 6.92 Å². The van der Waals surface area contributed by atoms with Crippen molar-refractivity contribution < 1.29 is 4.74 Å². The number of rotatable bonds is 8. The van der Waals surface area contributed by atoms with Crippen molar-refractivity contribution in [3.05, 3.63) is 11.8 Å². The normalized spacial score (nSPS) is 12.2. The van der Waals surface area contributed by atoms with Crippen molar-refractivity contribution in [3.8, 4) is 5.88 Å². The lowest BCUT2D eigenvalue weighted by atomic mass is 10.3. The van der Waals surface area contributed by atoms with Crippen LogP contribution in [0.1, 0.15) is 32.4 Å². The van der Waals surface area contributed by atoms with Gasteiger partial charge in [0.1, 0.15) is 0 Å². The Morgan fingerprint density at radius 2 is 2.17 bits per heavy atom. The zero-order chi connectivity index (χ0) is 13.4. The van der Waals surface area contributed by atoms with E-state index < -0.39 is 0 Å². The monoisotopic (exact) mass is 269 g/mol. The third kappa shape index (κ3) is 5.12. The highest BCUT2D eigenvalue weighted by Crippen LogP contribution is 2.14. The van der Waals surface area contributed by atoms with E-state index in [0.29, 0.717) is 24.5 Å². The topological polar surface area (TPSA) is 47.0 Å². The Bertz CT molecular complexity index is 360. The minimum absolute atomic E-state index is 0.404.